The molecule has 10 heteroatoms. The first-order valence-electron chi connectivity index (χ1n) is 12.3. The van der Waals surface area contributed by atoms with E-state index in [9.17, 15) is 0 Å². The van der Waals surface area contributed by atoms with E-state index in [0.717, 1.165) is 49.3 Å². The van der Waals surface area contributed by atoms with E-state index in [-0.39, 0.29) is 12.9 Å². The molecule has 2 aromatic heterocycles. The number of anilines is 2. The molecule has 37 heavy (non-hydrogen) atoms. The van der Waals surface area contributed by atoms with E-state index in [1.807, 2.05) is 32.0 Å². The number of nitrogens with zero attached hydrogens (tertiary/aromatic N) is 4. The normalized spacial score (nSPS) is 15.6. The van der Waals surface area contributed by atoms with Crippen molar-refractivity contribution >= 4 is 33.9 Å². The van der Waals surface area contributed by atoms with Gasteiger partial charge in [0.1, 0.15) is 23.8 Å². The summed E-state index contributed by atoms with van der Waals surface area (Å²) in [6.07, 6.45) is 8.65. The van der Waals surface area contributed by atoms with Gasteiger partial charge in [0.15, 0.2) is 0 Å². The summed E-state index contributed by atoms with van der Waals surface area (Å²) in [6.45, 7) is 10.1. The average molecular weight is 524 g/mol. The van der Waals surface area contributed by atoms with Gasteiger partial charge in [0.25, 0.3) is 5.88 Å². The molecule has 0 spiro atoms. The zero-order valence-electron chi connectivity index (χ0n) is 21.0. The number of terminal acetylenes is 1. The highest BCUT2D eigenvalue weighted by molar-refractivity contribution is 6.33. The maximum absolute atomic E-state index is 6.46. The van der Waals surface area contributed by atoms with Gasteiger partial charge in [-0.05, 0) is 19.9 Å². The van der Waals surface area contributed by atoms with Gasteiger partial charge in [0, 0.05) is 51.1 Å². The number of hydrogen-bond donors (Lipinski definition) is 1. The fourth-order valence-corrected chi connectivity index (χ4v) is 4.62. The van der Waals surface area contributed by atoms with Crippen LogP contribution in [0.25, 0.3) is 10.9 Å². The highest BCUT2D eigenvalue weighted by atomic mass is 35.5. The number of nitrogens with one attached hydrogen (secondary N) is 1. The molecular formula is C27H30ClN5O4. The first kappa shape index (κ1) is 25.2. The number of halogens is 1. The summed E-state index contributed by atoms with van der Waals surface area (Å²) < 4.78 is 23.4. The molecule has 0 radical (unpaired) electrons. The maximum atomic E-state index is 6.46. The SMILES string of the molecule is C#CCN1CCN(CCOc2cc(OC(C)C)c3c(Nc4c(Cl)cnc5c4OCO5)ccnc3c2)CC1. The Hall–Kier alpha value is -3.45. The summed E-state index contributed by atoms with van der Waals surface area (Å²) in [5, 5.41) is 4.62. The fraction of sp³-hybridized carbons (Fsp3) is 0.407. The summed E-state index contributed by atoms with van der Waals surface area (Å²) in [6, 6.07) is 5.71. The molecule has 1 N–H and O–H groups in total. The van der Waals surface area contributed by atoms with E-state index >= 15 is 0 Å². The van der Waals surface area contributed by atoms with Gasteiger partial charge in [-0.1, -0.05) is 17.5 Å². The standard InChI is InChI=1S/C27H30ClN5O4/c1-4-7-32-8-10-33(11-9-32)12-13-34-19-14-22-24(23(15-19)37-18(2)3)21(5-6-29-22)31-25-20(28)16-30-27-26(25)35-17-36-27/h1,5-6,14-16,18H,7-13,17H2,2-3H3,(H,29,30,31). The van der Waals surface area contributed by atoms with Crippen molar-refractivity contribution in [2.24, 2.45) is 0 Å². The van der Waals surface area contributed by atoms with E-state index in [2.05, 4.69) is 31.0 Å². The molecule has 9 nitrogen and oxygen atoms in total. The smallest absolute Gasteiger partial charge is 0.262 e. The number of ether oxygens (including phenoxy) is 4. The molecule has 194 valence electrons. The van der Waals surface area contributed by atoms with Gasteiger partial charge in [0.05, 0.1) is 40.5 Å². The Kier molecular flexibility index (Phi) is 7.70. The molecule has 0 aliphatic carbocycles. The van der Waals surface area contributed by atoms with Crippen molar-refractivity contribution < 1.29 is 18.9 Å². The molecule has 5 rings (SSSR count). The van der Waals surface area contributed by atoms with Crippen LogP contribution < -0.4 is 24.3 Å². The molecule has 4 heterocycles. The van der Waals surface area contributed by atoms with E-state index in [4.69, 9.17) is 37.0 Å². The van der Waals surface area contributed by atoms with Crippen molar-refractivity contribution in [1.82, 2.24) is 19.8 Å². The van der Waals surface area contributed by atoms with Gasteiger partial charge < -0.3 is 24.3 Å². The van der Waals surface area contributed by atoms with Crippen LogP contribution in [0.4, 0.5) is 11.4 Å². The van der Waals surface area contributed by atoms with Crippen molar-refractivity contribution in [1.29, 1.82) is 0 Å². The third kappa shape index (κ3) is 5.77. The predicted molar refractivity (Wildman–Crippen MR) is 143 cm³/mol. The summed E-state index contributed by atoms with van der Waals surface area (Å²) in [5.41, 5.74) is 2.08. The van der Waals surface area contributed by atoms with Crippen LogP contribution in [0.5, 0.6) is 23.1 Å². The second-order valence-corrected chi connectivity index (χ2v) is 9.57. The van der Waals surface area contributed by atoms with Gasteiger partial charge in [-0.15, -0.1) is 6.42 Å². The number of piperazine rings is 1. The van der Waals surface area contributed by atoms with Crippen molar-refractivity contribution in [3.63, 3.8) is 0 Å². The average Bonchev–Trinajstić information content (AvgIpc) is 3.36. The molecule has 3 aromatic rings. The third-order valence-electron chi connectivity index (χ3n) is 6.21. The third-order valence-corrected chi connectivity index (χ3v) is 6.50. The van der Waals surface area contributed by atoms with Crippen LogP contribution in [-0.4, -0.2) is 78.5 Å². The van der Waals surface area contributed by atoms with Crippen LogP contribution in [0.3, 0.4) is 0 Å². The van der Waals surface area contributed by atoms with Crippen molar-refractivity contribution in [3.8, 4) is 35.5 Å². The Morgan fingerprint density at radius 1 is 1.16 bits per heavy atom. The quantitative estimate of drug-likeness (QED) is 0.415. The van der Waals surface area contributed by atoms with Crippen molar-refractivity contribution in [2.75, 3.05) is 58.0 Å². The first-order valence-corrected chi connectivity index (χ1v) is 12.7. The van der Waals surface area contributed by atoms with Gasteiger partial charge in [-0.3, -0.25) is 14.8 Å². The molecule has 2 aliphatic rings. The number of fused-ring (bicyclic) bond motifs is 2. The summed E-state index contributed by atoms with van der Waals surface area (Å²) in [4.78, 5) is 13.5. The zero-order valence-corrected chi connectivity index (χ0v) is 21.8. The minimum Gasteiger partial charge on any atom is -0.492 e. The topological polar surface area (TPSA) is 81.2 Å². The van der Waals surface area contributed by atoms with E-state index in [1.54, 1.807) is 6.20 Å². The van der Waals surface area contributed by atoms with Crippen LogP contribution in [0.1, 0.15) is 13.8 Å². The fourth-order valence-electron chi connectivity index (χ4n) is 4.44. The molecule has 1 aromatic carbocycles. The molecule has 0 bridgehead atoms. The molecule has 0 unspecified atom stereocenters. The van der Waals surface area contributed by atoms with E-state index in [1.165, 1.54) is 6.20 Å². The van der Waals surface area contributed by atoms with Gasteiger partial charge in [-0.2, -0.15) is 0 Å². The largest absolute Gasteiger partial charge is 0.492 e. The summed E-state index contributed by atoms with van der Waals surface area (Å²) in [7, 11) is 0. The monoisotopic (exact) mass is 523 g/mol. The lowest BCUT2D eigenvalue weighted by Crippen LogP contribution is -2.47. The highest BCUT2D eigenvalue weighted by Gasteiger charge is 2.24. The summed E-state index contributed by atoms with van der Waals surface area (Å²) >= 11 is 6.46. The minimum atomic E-state index is -0.0451. The molecule has 1 fully saturated rings. The van der Waals surface area contributed by atoms with Crippen LogP contribution in [0.15, 0.2) is 30.6 Å². The van der Waals surface area contributed by atoms with Gasteiger partial charge in [-0.25, -0.2) is 4.98 Å². The van der Waals surface area contributed by atoms with E-state index < -0.39 is 0 Å². The van der Waals surface area contributed by atoms with Crippen molar-refractivity contribution in [2.45, 2.75) is 20.0 Å². The Morgan fingerprint density at radius 3 is 2.76 bits per heavy atom. The van der Waals surface area contributed by atoms with Gasteiger partial charge in [0.2, 0.25) is 12.5 Å². The maximum Gasteiger partial charge on any atom is 0.262 e. The lowest BCUT2D eigenvalue weighted by Gasteiger charge is -2.33. The zero-order chi connectivity index (χ0) is 25.8. The molecule has 2 aliphatic heterocycles. The Bertz CT molecular complexity index is 1300. The number of hydrogen-bond acceptors (Lipinski definition) is 9. The number of aromatic nitrogens is 2. The Labute approximate surface area is 221 Å². The van der Waals surface area contributed by atoms with Crippen LogP contribution in [0.2, 0.25) is 5.02 Å². The highest BCUT2D eigenvalue weighted by Crippen LogP contribution is 2.45. The first-order chi connectivity index (χ1) is 18.0. The molecule has 0 amide bonds. The van der Waals surface area contributed by atoms with Gasteiger partial charge >= 0.3 is 0 Å². The number of rotatable bonds is 9. The number of benzene rings is 1. The summed E-state index contributed by atoms with van der Waals surface area (Å²) in [5.74, 6) is 4.97. The minimum absolute atomic E-state index is 0.0451. The van der Waals surface area contributed by atoms with Crippen LogP contribution in [-0.2, 0) is 0 Å². The number of pyridine rings is 2. The van der Waals surface area contributed by atoms with Crippen LogP contribution >= 0.6 is 11.6 Å². The van der Waals surface area contributed by atoms with E-state index in [0.29, 0.717) is 47.0 Å². The molecule has 0 saturated carbocycles. The molecule has 1 saturated heterocycles. The molecular weight excluding hydrogens is 494 g/mol. The lowest BCUT2D eigenvalue weighted by atomic mass is 10.1. The lowest BCUT2D eigenvalue weighted by molar-refractivity contribution is 0.126. The predicted octanol–water partition coefficient (Wildman–Crippen LogP) is 4.17. The Balaban J connectivity index is 1.36. The van der Waals surface area contributed by atoms with Crippen LogP contribution in [0, 0.1) is 12.3 Å². The second kappa shape index (κ2) is 11.3. The molecule has 0 atom stereocenters. The Morgan fingerprint density at radius 2 is 1.97 bits per heavy atom. The van der Waals surface area contributed by atoms with Crippen molar-refractivity contribution in [3.05, 3.63) is 35.6 Å². The second-order valence-electron chi connectivity index (χ2n) is 9.16.